The van der Waals surface area contributed by atoms with Gasteiger partial charge in [-0.25, -0.2) is 9.78 Å². The number of rotatable bonds is 4. The zero-order chi connectivity index (χ0) is 16.5. The lowest BCUT2D eigenvalue weighted by atomic mass is 10.1. The van der Waals surface area contributed by atoms with Gasteiger partial charge in [-0.15, -0.1) is 0 Å². The van der Waals surface area contributed by atoms with Crippen molar-refractivity contribution >= 4 is 38.5 Å². The topological polar surface area (TPSA) is 67.3 Å². The molecule has 3 aromatic rings. The fourth-order valence-electron chi connectivity index (χ4n) is 2.71. The molecule has 7 heteroatoms. The van der Waals surface area contributed by atoms with Crippen molar-refractivity contribution in [2.45, 2.75) is 6.04 Å². The maximum absolute atomic E-state index is 11.6. The molecule has 1 saturated heterocycles. The van der Waals surface area contributed by atoms with Crippen molar-refractivity contribution in [2.24, 2.45) is 0 Å². The van der Waals surface area contributed by atoms with Gasteiger partial charge >= 0.3 is 5.97 Å². The van der Waals surface area contributed by atoms with E-state index in [1.807, 2.05) is 30.3 Å². The minimum Gasteiger partial charge on any atom is -0.465 e. The normalized spacial score (nSPS) is 14.5. The quantitative estimate of drug-likeness (QED) is 0.737. The molecule has 0 radical (unpaired) electrons. The van der Waals surface area contributed by atoms with Crippen LogP contribution in [0.15, 0.2) is 42.6 Å². The van der Waals surface area contributed by atoms with E-state index in [1.54, 1.807) is 23.6 Å². The van der Waals surface area contributed by atoms with Gasteiger partial charge in [0.05, 0.1) is 23.4 Å². The summed E-state index contributed by atoms with van der Waals surface area (Å²) in [7, 11) is 1.39. The number of nitrogens with zero attached hydrogens (tertiary/aromatic N) is 3. The summed E-state index contributed by atoms with van der Waals surface area (Å²) < 4.78 is 5.86. The standard InChI is InChI=1S/C17H16N4O2S/c1-23-16(22)11-4-2-5-12(8-11)19-13-9-21(10-13)17-20-15-14(24-17)6-3-7-18-15/h2-8,13,19H,9-10H2,1H3. The second-order valence-electron chi connectivity index (χ2n) is 5.64. The monoisotopic (exact) mass is 340 g/mol. The second-order valence-corrected chi connectivity index (χ2v) is 6.65. The molecule has 0 unspecified atom stereocenters. The lowest BCUT2D eigenvalue weighted by Crippen LogP contribution is -2.54. The van der Waals surface area contributed by atoms with E-state index in [0.717, 1.165) is 34.3 Å². The Morgan fingerprint density at radius 2 is 2.21 bits per heavy atom. The van der Waals surface area contributed by atoms with E-state index in [4.69, 9.17) is 4.74 Å². The highest BCUT2D eigenvalue weighted by molar-refractivity contribution is 7.22. The Bertz CT molecular complexity index is 856. The molecular formula is C17H16N4O2S. The van der Waals surface area contributed by atoms with Crippen LogP contribution in [-0.4, -0.2) is 42.2 Å². The average molecular weight is 340 g/mol. The fraction of sp³-hybridized carbons (Fsp3) is 0.235. The van der Waals surface area contributed by atoms with Gasteiger partial charge in [0, 0.05) is 25.0 Å². The SMILES string of the molecule is COC(=O)c1cccc(NC2CN(c3nc4ncccc4s3)C2)c1. The molecule has 24 heavy (non-hydrogen) atoms. The third kappa shape index (κ3) is 2.78. The number of aromatic nitrogens is 2. The van der Waals surface area contributed by atoms with E-state index < -0.39 is 0 Å². The summed E-state index contributed by atoms with van der Waals surface area (Å²) in [5.41, 5.74) is 2.28. The lowest BCUT2D eigenvalue weighted by Gasteiger charge is -2.39. The Morgan fingerprint density at radius 3 is 3.00 bits per heavy atom. The number of esters is 1. The summed E-state index contributed by atoms with van der Waals surface area (Å²) in [4.78, 5) is 22.7. The third-order valence-electron chi connectivity index (χ3n) is 3.96. The van der Waals surface area contributed by atoms with Crippen LogP contribution in [0, 0.1) is 0 Å². The molecule has 1 aromatic carbocycles. The second kappa shape index (κ2) is 6.09. The van der Waals surface area contributed by atoms with E-state index in [9.17, 15) is 4.79 Å². The number of nitrogens with one attached hydrogen (secondary N) is 1. The number of fused-ring (bicyclic) bond motifs is 1. The van der Waals surface area contributed by atoms with Gasteiger partial charge in [-0.05, 0) is 30.3 Å². The minimum atomic E-state index is -0.323. The molecule has 1 fully saturated rings. The zero-order valence-electron chi connectivity index (χ0n) is 13.1. The van der Waals surface area contributed by atoms with E-state index in [0.29, 0.717) is 11.6 Å². The Hall–Kier alpha value is -2.67. The predicted molar refractivity (Wildman–Crippen MR) is 94.8 cm³/mol. The molecule has 1 aliphatic rings. The number of hydrogen-bond acceptors (Lipinski definition) is 7. The van der Waals surface area contributed by atoms with Gasteiger partial charge in [0.15, 0.2) is 10.8 Å². The van der Waals surface area contributed by atoms with Crippen LogP contribution in [0.3, 0.4) is 0 Å². The maximum atomic E-state index is 11.6. The first kappa shape index (κ1) is 14.9. The molecular weight excluding hydrogens is 324 g/mol. The average Bonchev–Trinajstić information content (AvgIpc) is 3.00. The highest BCUT2D eigenvalue weighted by Gasteiger charge is 2.29. The van der Waals surface area contributed by atoms with Crippen molar-refractivity contribution in [1.29, 1.82) is 0 Å². The van der Waals surface area contributed by atoms with Gasteiger partial charge in [0.2, 0.25) is 0 Å². The molecule has 0 amide bonds. The van der Waals surface area contributed by atoms with Crippen molar-refractivity contribution in [3.05, 3.63) is 48.2 Å². The van der Waals surface area contributed by atoms with Crippen molar-refractivity contribution < 1.29 is 9.53 Å². The molecule has 0 bridgehead atoms. The highest BCUT2D eigenvalue weighted by atomic mass is 32.1. The number of carbonyl (C=O) groups excluding carboxylic acids is 1. The number of benzene rings is 1. The lowest BCUT2D eigenvalue weighted by molar-refractivity contribution is 0.0601. The molecule has 4 rings (SSSR count). The summed E-state index contributed by atoms with van der Waals surface area (Å²) in [5.74, 6) is -0.323. The molecule has 0 aliphatic carbocycles. The smallest absolute Gasteiger partial charge is 0.337 e. The third-order valence-corrected chi connectivity index (χ3v) is 5.03. The van der Waals surface area contributed by atoms with Gasteiger partial charge in [0.25, 0.3) is 0 Å². The van der Waals surface area contributed by atoms with Crippen molar-refractivity contribution in [2.75, 3.05) is 30.4 Å². The summed E-state index contributed by atoms with van der Waals surface area (Å²) >= 11 is 1.66. The van der Waals surface area contributed by atoms with Crippen LogP contribution in [0.5, 0.6) is 0 Å². The first-order valence-corrected chi connectivity index (χ1v) is 8.46. The van der Waals surface area contributed by atoms with E-state index >= 15 is 0 Å². The first-order valence-electron chi connectivity index (χ1n) is 7.64. The van der Waals surface area contributed by atoms with E-state index in [1.165, 1.54) is 7.11 Å². The van der Waals surface area contributed by atoms with Crippen LogP contribution in [0.2, 0.25) is 0 Å². The molecule has 3 heterocycles. The summed E-state index contributed by atoms with van der Waals surface area (Å²) in [5, 5.41) is 4.45. The minimum absolute atomic E-state index is 0.323. The Kier molecular flexibility index (Phi) is 3.78. The fourth-order valence-corrected chi connectivity index (χ4v) is 3.65. The molecule has 1 N–H and O–H groups in total. The van der Waals surface area contributed by atoms with Crippen LogP contribution < -0.4 is 10.2 Å². The van der Waals surface area contributed by atoms with Gasteiger partial charge in [-0.1, -0.05) is 17.4 Å². The Balaban J connectivity index is 1.40. The highest BCUT2D eigenvalue weighted by Crippen LogP contribution is 2.31. The number of anilines is 2. The van der Waals surface area contributed by atoms with Crippen LogP contribution in [0.1, 0.15) is 10.4 Å². The Labute approximate surface area is 143 Å². The molecule has 2 aromatic heterocycles. The molecule has 0 atom stereocenters. The molecule has 6 nitrogen and oxygen atoms in total. The van der Waals surface area contributed by atoms with Gasteiger partial charge in [0.1, 0.15) is 0 Å². The number of methoxy groups -OCH3 is 1. The van der Waals surface area contributed by atoms with E-state index in [-0.39, 0.29) is 5.97 Å². The summed E-state index contributed by atoms with van der Waals surface area (Å²) in [6.07, 6.45) is 1.76. The number of ether oxygens (including phenoxy) is 1. The van der Waals surface area contributed by atoms with Gasteiger partial charge < -0.3 is 15.0 Å². The van der Waals surface area contributed by atoms with Gasteiger partial charge in [-0.3, -0.25) is 0 Å². The number of hydrogen-bond donors (Lipinski definition) is 1. The Morgan fingerprint density at radius 1 is 1.33 bits per heavy atom. The number of pyridine rings is 1. The summed E-state index contributed by atoms with van der Waals surface area (Å²) in [6, 6.07) is 11.7. The summed E-state index contributed by atoms with van der Waals surface area (Å²) in [6.45, 7) is 1.75. The van der Waals surface area contributed by atoms with E-state index in [2.05, 4.69) is 20.2 Å². The van der Waals surface area contributed by atoms with Crippen LogP contribution in [0.4, 0.5) is 10.8 Å². The maximum Gasteiger partial charge on any atom is 0.337 e. The first-order chi connectivity index (χ1) is 11.7. The van der Waals surface area contributed by atoms with Crippen molar-refractivity contribution in [3.63, 3.8) is 0 Å². The molecule has 1 aliphatic heterocycles. The van der Waals surface area contributed by atoms with Crippen LogP contribution in [0.25, 0.3) is 10.3 Å². The van der Waals surface area contributed by atoms with Gasteiger partial charge in [-0.2, -0.15) is 4.98 Å². The predicted octanol–water partition coefficient (Wildman–Crippen LogP) is 2.78. The molecule has 0 spiro atoms. The number of carbonyl (C=O) groups is 1. The molecule has 122 valence electrons. The van der Waals surface area contributed by atoms with Crippen molar-refractivity contribution in [3.8, 4) is 0 Å². The van der Waals surface area contributed by atoms with Crippen molar-refractivity contribution in [1.82, 2.24) is 9.97 Å². The zero-order valence-corrected chi connectivity index (χ0v) is 13.9. The largest absolute Gasteiger partial charge is 0.465 e. The van der Waals surface area contributed by atoms with Crippen LogP contribution >= 0.6 is 11.3 Å². The number of thiazole rings is 1. The van der Waals surface area contributed by atoms with Crippen LogP contribution in [-0.2, 0) is 4.74 Å². The molecule has 0 saturated carbocycles.